The van der Waals surface area contributed by atoms with Gasteiger partial charge in [-0.3, -0.25) is 4.79 Å². The molecule has 0 radical (unpaired) electrons. The molecule has 1 N–H and O–H groups in total. The Balaban J connectivity index is 1.65. The van der Waals surface area contributed by atoms with Crippen molar-refractivity contribution < 1.29 is 9.53 Å². The molecule has 0 aliphatic carbocycles. The molecule has 3 rings (SSSR count). The number of ether oxygens (including phenoxy) is 1. The molecule has 0 atom stereocenters. The van der Waals surface area contributed by atoms with Gasteiger partial charge in [0.1, 0.15) is 12.4 Å². The Morgan fingerprint density at radius 2 is 1.97 bits per heavy atom. The summed E-state index contributed by atoms with van der Waals surface area (Å²) in [6.45, 7) is 7.38. The zero-order chi connectivity index (χ0) is 22.2. The first-order valence-corrected chi connectivity index (χ1v) is 11.6. The highest BCUT2D eigenvalue weighted by Gasteiger charge is 2.16. The zero-order valence-corrected chi connectivity index (χ0v) is 19.5. The number of aromatic nitrogens is 3. The van der Waals surface area contributed by atoms with Crippen molar-refractivity contribution in [3.8, 4) is 5.75 Å². The number of hydrogen-bond donors (Lipinski definition) is 1. The average molecular weight is 459 g/mol. The van der Waals surface area contributed by atoms with Gasteiger partial charge in [-0.05, 0) is 49.1 Å². The number of para-hydroxylation sites is 1. The summed E-state index contributed by atoms with van der Waals surface area (Å²) in [4.78, 5) is 12.5. The maximum absolute atomic E-state index is 12.5. The van der Waals surface area contributed by atoms with Crippen LogP contribution in [-0.2, 0) is 17.9 Å². The van der Waals surface area contributed by atoms with E-state index in [9.17, 15) is 4.79 Å². The molecule has 164 valence electrons. The number of halogens is 1. The summed E-state index contributed by atoms with van der Waals surface area (Å²) < 4.78 is 7.90. The predicted molar refractivity (Wildman–Crippen MR) is 126 cm³/mol. The lowest BCUT2D eigenvalue weighted by molar-refractivity contribution is -0.113. The van der Waals surface area contributed by atoms with Crippen molar-refractivity contribution in [1.82, 2.24) is 14.8 Å². The van der Waals surface area contributed by atoms with Gasteiger partial charge in [0.25, 0.3) is 0 Å². The van der Waals surface area contributed by atoms with Gasteiger partial charge in [0.15, 0.2) is 11.0 Å². The molecule has 0 aliphatic rings. The summed E-state index contributed by atoms with van der Waals surface area (Å²) in [6.07, 6.45) is 0.984. The van der Waals surface area contributed by atoms with E-state index in [1.54, 1.807) is 12.1 Å². The van der Waals surface area contributed by atoms with Crippen molar-refractivity contribution in [2.24, 2.45) is 5.92 Å². The summed E-state index contributed by atoms with van der Waals surface area (Å²) in [6, 6.07) is 15.1. The first-order valence-electron chi connectivity index (χ1n) is 10.2. The second-order valence-corrected chi connectivity index (χ2v) is 9.01. The molecule has 1 amide bonds. The number of benzene rings is 2. The first kappa shape index (κ1) is 23.2. The highest BCUT2D eigenvalue weighted by molar-refractivity contribution is 7.99. The Kier molecular flexibility index (Phi) is 8.37. The summed E-state index contributed by atoms with van der Waals surface area (Å²) >= 11 is 7.41. The number of aryl methyl sites for hydroxylation is 1. The number of nitrogens with one attached hydrogen (secondary N) is 1. The molecule has 3 aromatic rings. The molecule has 0 saturated heterocycles. The number of rotatable bonds is 10. The van der Waals surface area contributed by atoms with Crippen molar-refractivity contribution >= 4 is 35.0 Å². The highest BCUT2D eigenvalue weighted by atomic mass is 35.5. The summed E-state index contributed by atoms with van der Waals surface area (Å²) in [5.41, 5.74) is 1.68. The van der Waals surface area contributed by atoms with E-state index in [1.165, 1.54) is 11.8 Å². The van der Waals surface area contributed by atoms with Crippen LogP contribution in [0.1, 0.15) is 31.7 Å². The zero-order valence-electron chi connectivity index (χ0n) is 18.0. The molecule has 1 aromatic heterocycles. The van der Waals surface area contributed by atoms with Crippen LogP contribution >= 0.6 is 23.4 Å². The van der Waals surface area contributed by atoms with E-state index < -0.39 is 0 Å². The van der Waals surface area contributed by atoms with E-state index >= 15 is 0 Å². The Morgan fingerprint density at radius 1 is 1.19 bits per heavy atom. The minimum Gasteiger partial charge on any atom is -0.486 e. The molecular weight excluding hydrogens is 432 g/mol. The predicted octanol–water partition coefficient (Wildman–Crippen LogP) is 5.60. The fourth-order valence-corrected chi connectivity index (χ4v) is 3.81. The lowest BCUT2D eigenvalue weighted by Crippen LogP contribution is -2.16. The van der Waals surface area contributed by atoms with Crippen LogP contribution < -0.4 is 10.1 Å². The molecule has 6 nitrogen and oxygen atoms in total. The maximum Gasteiger partial charge on any atom is 0.234 e. The van der Waals surface area contributed by atoms with Crippen molar-refractivity contribution in [3.05, 3.63) is 64.9 Å². The minimum atomic E-state index is -0.115. The van der Waals surface area contributed by atoms with E-state index in [-0.39, 0.29) is 11.7 Å². The molecular formula is C23H27ClN4O2S. The molecule has 0 saturated carbocycles. The third kappa shape index (κ3) is 7.01. The van der Waals surface area contributed by atoms with Crippen LogP contribution in [0.25, 0.3) is 0 Å². The van der Waals surface area contributed by atoms with E-state index in [0.29, 0.717) is 22.7 Å². The second kappa shape index (κ2) is 11.2. The second-order valence-electron chi connectivity index (χ2n) is 7.63. The van der Waals surface area contributed by atoms with Crippen molar-refractivity contribution in [2.45, 2.75) is 45.5 Å². The number of anilines is 1. The van der Waals surface area contributed by atoms with E-state index in [1.807, 2.05) is 47.9 Å². The molecule has 31 heavy (non-hydrogen) atoms. The van der Waals surface area contributed by atoms with Crippen LogP contribution in [0, 0.1) is 12.8 Å². The van der Waals surface area contributed by atoms with Crippen LogP contribution in [0.4, 0.5) is 5.69 Å². The lowest BCUT2D eigenvalue weighted by Gasteiger charge is -2.13. The van der Waals surface area contributed by atoms with Gasteiger partial charge in [-0.25, -0.2) is 0 Å². The van der Waals surface area contributed by atoms with Crippen LogP contribution in [0.15, 0.2) is 53.7 Å². The monoisotopic (exact) mass is 458 g/mol. The number of thioether (sulfide) groups is 1. The summed E-state index contributed by atoms with van der Waals surface area (Å²) in [7, 11) is 0. The van der Waals surface area contributed by atoms with E-state index in [2.05, 4.69) is 29.4 Å². The molecule has 0 aliphatic heterocycles. The van der Waals surface area contributed by atoms with Crippen molar-refractivity contribution in [2.75, 3.05) is 11.1 Å². The van der Waals surface area contributed by atoms with Gasteiger partial charge in [-0.2, -0.15) is 0 Å². The molecule has 0 bridgehead atoms. The van der Waals surface area contributed by atoms with Gasteiger partial charge in [0, 0.05) is 17.3 Å². The number of carbonyl (C=O) groups excluding carboxylic acids is 1. The summed E-state index contributed by atoms with van der Waals surface area (Å²) in [5, 5.41) is 12.8. The van der Waals surface area contributed by atoms with Crippen LogP contribution in [0.2, 0.25) is 5.02 Å². The maximum atomic E-state index is 12.5. The highest BCUT2D eigenvalue weighted by Crippen LogP contribution is 2.23. The Bertz CT molecular complexity index is 1010. The molecule has 8 heteroatoms. The standard InChI is InChI=1S/C23H27ClN4O2S/c1-16(2)11-12-28-21(14-30-19-7-5-4-6-8-19)26-27-23(28)31-15-22(29)25-20-13-18(24)10-9-17(20)3/h4-10,13,16H,11-12,14-15H2,1-3H3,(H,25,29). The van der Waals surface area contributed by atoms with Crippen molar-refractivity contribution in [3.63, 3.8) is 0 Å². The Morgan fingerprint density at radius 3 is 2.71 bits per heavy atom. The van der Waals surface area contributed by atoms with Gasteiger partial charge < -0.3 is 14.6 Å². The molecule has 0 spiro atoms. The van der Waals surface area contributed by atoms with Crippen LogP contribution in [0.5, 0.6) is 5.75 Å². The van der Waals surface area contributed by atoms with E-state index in [4.69, 9.17) is 16.3 Å². The SMILES string of the molecule is Cc1ccc(Cl)cc1NC(=O)CSc1nnc(COc2ccccc2)n1CCC(C)C. The third-order valence-corrected chi connectivity index (χ3v) is 5.84. The minimum absolute atomic E-state index is 0.115. The largest absolute Gasteiger partial charge is 0.486 e. The van der Waals surface area contributed by atoms with Gasteiger partial charge in [-0.15, -0.1) is 10.2 Å². The quantitative estimate of drug-likeness (QED) is 0.401. The lowest BCUT2D eigenvalue weighted by atomic mass is 10.1. The molecule has 0 unspecified atom stereocenters. The third-order valence-electron chi connectivity index (χ3n) is 4.64. The average Bonchev–Trinajstić information content (AvgIpc) is 3.14. The number of carbonyl (C=O) groups is 1. The molecule has 1 heterocycles. The van der Waals surface area contributed by atoms with Crippen molar-refractivity contribution in [1.29, 1.82) is 0 Å². The number of amides is 1. The molecule has 0 fully saturated rings. The fraction of sp³-hybridized carbons (Fsp3) is 0.348. The number of hydrogen-bond acceptors (Lipinski definition) is 5. The Labute approximate surface area is 192 Å². The van der Waals surface area contributed by atoms with Crippen LogP contribution in [-0.4, -0.2) is 26.4 Å². The topological polar surface area (TPSA) is 69.0 Å². The molecule has 2 aromatic carbocycles. The van der Waals surface area contributed by atoms with Gasteiger partial charge >= 0.3 is 0 Å². The number of nitrogens with zero attached hydrogens (tertiary/aromatic N) is 3. The Hall–Kier alpha value is -2.51. The van der Waals surface area contributed by atoms with Gasteiger partial charge in [0.05, 0.1) is 5.75 Å². The fourth-order valence-electron chi connectivity index (χ4n) is 2.85. The van der Waals surface area contributed by atoms with Crippen LogP contribution in [0.3, 0.4) is 0 Å². The van der Waals surface area contributed by atoms with Gasteiger partial charge in [0.2, 0.25) is 5.91 Å². The smallest absolute Gasteiger partial charge is 0.234 e. The van der Waals surface area contributed by atoms with Gasteiger partial charge in [-0.1, -0.05) is 61.5 Å². The summed E-state index contributed by atoms with van der Waals surface area (Å²) in [5.74, 6) is 2.18. The van der Waals surface area contributed by atoms with E-state index in [0.717, 1.165) is 35.8 Å². The normalized spacial score (nSPS) is 11.0. The first-order chi connectivity index (χ1) is 14.9.